The SMILES string of the molecule is CC(C)C[C@H](NC(=O)OCc1ccccc1)C(=O)O[C@H]1[C@H]([C@@H]2COC(C)(C)O2)O[C@H]2OC(C)(C)O[C@@H]21. The largest absolute Gasteiger partial charge is 0.455 e. The van der Waals surface area contributed by atoms with Gasteiger partial charge in [-0.2, -0.15) is 0 Å². The van der Waals surface area contributed by atoms with Crippen LogP contribution in [-0.4, -0.2) is 67.0 Å². The molecule has 0 saturated carbocycles. The molecule has 3 fully saturated rings. The van der Waals surface area contributed by atoms with Gasteiger partial charge in [0.25, 0.3) is 0 Å². The predicted octanol–water partition coefficient (Wildman–Crippen LogP) is 3.27. The van der Waals surface area contributed by atoms with Crippen molar-refractivity contribution in [2.24, 2.45) is 5.92 Å². The van der Waals surface area contributed by atoms with Crippen molar-refractivity contribution in [3.63, 3.8) is 0 Å². The van der Waals surface area contributed by atoms with Gasteiger partial charge in [-0.3, -0.25) is 0 Å². The number of hydrogen-bond donors (Lipinski definition) is 1. The van der Waals surface area contributed by atoms with Gasteiger partial charge in [0.05, 0.1) is 6.61 Å². The minimum Gasteiger partial charge on any atom is -0.455 e. The molecular formula is C26H37NO9. The number of rotatable bonds is 8. The molecule has 3 aliphatic heterocycles. The van der Waals surface area contributed by atoms with E-state index in [0.717, 1.165) is 5.56 Å². The Morgan fingerprint density at radius 2 is 1.75 bits per heavy atom. The van der Waals surface area contributed by atoms with Gasteiger partial charge in [0, 0.05) is 0 Å². The highest BCUT2D eigenvalue weighted by Crippen LogP contribution is 2.42. The summed E-state index contributed by atoms with van der Waals surface area (Å²) in [7, 11) is 0. The third-order valence-corrected chi connectivity index (χ3v) is 6.17. The highest BCUT2D eigenvalue weighted by atomic mass is 16.8. The van der Waals surface area contributed by atoms with E-state index >= 15 is 0 Å². The van der Waals surface area contributed by atoms with E-state index in [0.29, 0.717) is 6.42 Å². The monoisotopic (exact) mass is 507 g/mol. The fraction of sp³-hybridized carbons (Fsp3) is 0.692. The van der Waals surface area contributed by atoms with Crippen LogP contribution in [0, 0.1) is 5.92 Å². The molecular weight excluding hydrogens is 470 g/mol. The summed E-state index contributed by atoms with van der Waals surface area (Å²) >= 11 is 0. The number of hydrogen-bond acceptors (Lipinski definition) is 9. The molecule has 3 saturated heterocycles. The van der Waals surface area contributed by atoms with E-state index in [-0.39, 0.29) is 19.1 Å². The third kappa shape index (κ3) is 6.54. The second-order valence-electron chi connectivity index (χ2n) is 10.7. The highest BCUT2D eigenvalue weighted by molar-refractivity contribution is 5.81. The maximum absolute atomic E-state index is 13.4. The van der Waals surface area contributed by atoms with Gasteiger partial charge in [0.2, 0.25) is 0 Å². The number of nitrogens with one attached hydrogen (secondary N) is 1. The minimum atomic E-state index is -0.916. The molecule has 0 bridgehead atoms. The van der Waals surface area contributed by atoms with Crippen LogP contribution in [0.2, 0.25) is 0 Å². The molecule has 200 valence electrons. The summed E-state index contributed by atoms with van der Waals surface area (Å²) in [5.74, 6) is -2.18. The number of fused-ring (bicyclic) bond motifs is 1. The van der Waals surface area contributed by atoms with Crippen LogP contribution >= 0.6 is 0 Å². The maximum atomic E-state index is 13.4. The summed E-state index contributed by atoms with van der Waals surface area (Å²) in [6, 6.07) is 8.39. The van der Waals surface area contributed by atoms with Gasteiger partial charge in [0.1, 0.15) is 24.9 Å². The predicted molar refractivity (Wildman–Crippen MR) is 126 cm³/mol. The zero-order chi connectivity index (χ0) is 26.1. The first-order valence-electron chi connectivity index (χ1n) is 12.4. The molecule has 1 aromatic rings. The first-order chi connectivity index (χ1) is 16.9. The van der Waals surface area contributed by atoms with Crippen molar-refractivity contribution in [1.29, 1.82) is 0 Å². The van der Waals surface area contributed by atoms with Gasteiger partial charge in [0.15, 0.2) is 30.1 Å². The Kier molecular flexibility index (Phi) is 7.92. The van der Waals surface area contributed by atoms with Crippen molar-refractivity contribution >= 4 is 12.1 Å². The topological polar surface area (TPSA) is 111 Å². The second kappa shape index (κ2) is 10.6. The van der Waals surface area contributed by atoms with Crippen molar-refractivity contribution in [1.82, 2.24) is 5.32 Å². The van der Waals surface area contributed by atoms with Gasteiger partial charge in [-0.15, -0.1) is 0 Å². The van der Waals surface area contributed by atoms with Gasteiger partial charge in [-0.05, 0) is 45.6 Å². The Bertz CT molecular complexity index is 919. The Morgan fingerprint density at radius 1 is 1.03 bits per heavy atom. The summed E-state index contributed by atoms with van der Waals surface area (Å²) in [5, 5.41) is 2.66. The number of ether oxygens (including phenoxy) is 7. The Morgan fingerprint density at radius 3 is 2.39 bits per heavy atom. The lowest BCUT2D eigenvalue weighted by molar-refractivity contribution is -0.235. The van der Waals surface area contributed by atoms with Crippen molar-refractivity contribution in [3.05, 3.63) is 35.9 Å². The number of esters is 1. The van der Waals surface area contributed by atoms with Gasteiger partial charge >= 0.3 is 12.1 Å². The molecule has 3 aliphatic rings. The molecule has 0 spiro atoms. The van der Waals surface area contributed by atoms with Crippen molar-refractivity contribution in [2.45, 2.75) is 103 Å². The van der Waals surface area contributed by atoms with Crippen LogP contribution in [0.1, 0.15) is 53.5 Å². The van der Waals surface area contributed by atoms with Crippen LogP contribution in [-0.2, 0) is 44.6 Å². The molecule has 0 radical (unpaired) electrons. The molecule has 0 unspecified atom stereocenters. The van der Waals surface area contributed by atoms with E-state index < -0.39 is 60.4 Å². The van der Waals surface area contributed by atoms with E-state index in [4.69, 9.17) is 33.2 Å². The summed E-state index contributed by atoms with van der Waals surface area (Å²) in [4.78, 5) is 25.9. The number of benzene rings is 1. The lowest BCUT2D eigenvalue weighted by Crippen LogP contribution is -2.49. The van der Waals surface area contributed by atoms with E-state index in [1.165, 1.54) is 0 Å². The molecule has 0 aromatic heterocycles. The van der Waals surface area contributed by atoms with Gasteiger partial charge in [-0.1, -0.05) is 44.2 Å². The molecule has 1 N–H and O–H groups in total. The van der Waals surface area contributed by atoms with Crippen LogP contribution in [0.25, 0.3) is 0 Å². The molecule has 36 heavy (non-hydrogen) atoms. The number of alkyl carbamates (subject to hydrolysis) is 1. The van der Waals surface area contributed by atoms with E-state index in [1.807, 2.05) is 58.0 Å². The van der Waals surface area contributed by atoms with E-state index in [1.54, 1.807) is 13.8 Å². The summed E-state index contributed by atoms with van der Waals surface area (Å²) in [6.07, 6.45) is -3.66. The molecule has 10 heteroatoms. The normalized spacial score (nSPS) is 31.1. The standard InChI is InChI=1S/C26H37NO9/c1-15(2)12-17(27-24(29)30-13-16-10-8-7-9-11-16)22(28)32-20-19(18-14-31-25(3,4)34-18)33-23-21(20)35-26(5,6)36-23/h7-11,15,17-21,23H,12-14H2,1-6H3,(H,27,29)/t17-,18-,19-,20-,21+,23-/m0/s1. The lowest BCUT2D eigenvalue weighted by Gasteiger charge is -2.30. The molecule has 6 atom stereocenters. The summed E-state index contributed by atoms with van der Waals surface area (Å²) in [5.41, 5.74) is 0.843. The third-order valence-electron chi connectivity index (χ3n) is 6.17. The average Bonchev–Trinajstić information content (AvgIpc) is 3.41. The minimum absolute atomic E-state index is 0.0908. The van der Waals surface area contributed by atoms with Crippen molar-refractivity contribution in [3.8, 4) is 0 Å². The van der Waals surface area contributed by atoms with Gasteiger partial charge < -0.3 is 38.5 Å². The van der Waals surface area contributed by atoms with Crippen LogP contribution in [0.15, 0.2) is 30.3 Å². The molecule has 0 aliphatic carbocycles. The van der Waals surface area contributed by atoms with Crippen molar-refractivity contribution in [2.75, 3.05) is 6.61 Å². The zero-order valence-corrected chi connectivity index (χ0v) is 21.7. The zero-order valence-electron chi connectivity index (χ0n) is 21.7. The molecule has 10 nitrogen and oxygen atoms in total. The lowest BCUT2D eigenvalue weighted by atomic mass is 10.0. The highest BCUT2D eigenvalue weighted by Gasteiger charge is 2.60. The molecule has 1 aromatic carbocycles. The van der Waals surface area contributed by atoms with E-state index in [9.17, 15) is 9.59 Å². The Hall–Kier alpha value is -2.24. The average molecular weight is 508 g/mol. The number of carbonyl (C=O) groups is 2. The van der Waals surface area contributed by atoms with Crippen LogP contribution in [0.3, 0.4) is 0 Å². The fourth-order valence-electron chi connectivity index (χ4n) is 4.62. The number of carbonyl (C=O) groups excluding carboxylic acids is 2. The fourth-order valence-corrected chi connectivity index (χ4v) is 4.62. The molecule has 4 rings (SSSR count). The summed E-state index contributed by atoms with van der Waals surface area (Å²) in [6.45, 7) is 11.4. The molecule has 1 amide bonds. The Balaban J connectivity index is 1.44. The van der Waals surface area contributed by atoms with Crippen LogP contribution in [0.5, 0.6) is 0 Å². The quantitative estimate of drug-likeness (QED) is 0.530. The van der Waals surface area contributed by atoms with Crippen LogP contribution in [0.4, 0.5) is 4.79 Å². The number of amides is 1. The molecule has 3 heterocycles. The first-order valence-corrected chi connectivity index (χ1v) is 12.4. The summed E-state index contributed by atoms with van der Waals surface area (Å²) < 4.78 is 41.0. The van der Waals surface area contributed by atoms with Crippen molar-refractivity contribution < 1.29 is 42.7 Å². The van der Waals surface area contributed by atoms with E-state index in [2.05, 4.69) is 5.32 Å². The van der Waals surface area contributed by atoms with Gasteiger partial charge in [-0.25, -0.2) is 9.59 Å². The first kappa shape index (κ1) is 26.8. The van der Waals surface area contributed by atoms with Crippen LogP contribution < -0.4 is 5.32 Å². The smallest absolute Gasteiger partial charge is 0.408 e. The maximum Gasteiger partial charge on any atom is 0.408 e. The second-order valence-corrected chi connectivity index (χ2v) is 10.7. The Labute approximate surface area is 211 Å².